The number of aromatic nitrogens is 1. The van der Waals surface area contributed by atoms with E-state index in [1.54, 1.807) is 18.3 Å². The molecular weight excluding hydrogens is 292 g/mol. The van der Waals surface area contributed by atoms with Crippen LogP contribution in [0.2, 0.25) is 0 Å². The molecule has 0 bridgehead atoms. The molecule has 1 aromatic carbocycles. The lowest BCUT2D eigenvalue weighted by atomic mass is 10.2. The highest BCUT2D eigenvalue weighted by atomic mass is 79.9. The summed E-state index contributed by atoms with van der Waals surface area (Å²) in [4.78, 5) is 16.0. The number of hydrogen-bond acceptors (Lipinski definition) is 2. The number of alkyl halides is 1. The Balaban J connectivity index is 2.11. The Morgan fingerprint density at radius 3 is 2.61 bits per heavy atom. The Hall–Kier alpha value is -1.68. The number of carbonyl (C=O) groups excluding carboxylic acids is 1. The summed E-state index contributed by atoms with van der Waals surface area (Å²) in [5, 5.41) is 3.67. The number of benzene rings is 1. The van der Waals surface area contributed by atoms with Crippen molar-refractivity contribution in [2.75, 3.05) is 5.32 Å². The second kappa shape index (κ2) is 5.78. The van der Waals surface area contributed by atoms with E-state index >= 15 is 0 Å². The Labute approximate surface area is 114 Å². The lowest BCUT2D eigenvalue weighted by Gasteiger charge is -2.06. The van der Waals surface area contributed by atoms with E-state index in [1.165, 1.54) is 5.56 Å². The van der Waals surface area contributed by atoms with Gasteiger partial charge < -0.3 is 5.32 Å². The third-order valence-electron chi connectivity index (χ3n) is 2.52. The fourth-order valence-corrected chi connectivity index (χ4v) is 1.94. The molecule has 0 spiro atoms. The quantitative estimate of drug-likeness (QED) is 0.881. The van der Waals surface area contributed by atoms with E-state index in [2.05, 4.69) is 26.2 Å². The van der Waals surface area contributed by atoms with E-state index < -0.39 is 0 Å². The van der Waals surface area contributed by atoms with Crippen molar-refractivity contribution in [1.29, 1.82) is 0 Å². The number of carbonyl (C=O) groups is 1. The van der Waals surface area contributed by atoms with E-state index in [9.17, 15) is 4.79 Å². The first-order valence-corrected chi connectivity index (χ1v) is 6.70. The van der Waals surface area contributed by atoms with E-state index in [4.69, 9.17) is 0 Å². The van der Waals surface area contributed by atoms with Gasteiger partial charge in [-0.2, -0.15) is 0 Å². The van der Waals surface area contributed by atoms with Crippen LogP contribution in [0.1, 0.15) is 21.6 Å². The number of aryl methyl sites for hydroxylation is 1. The minimum atomic E-state index is -0.118. The molecule has 1 N–H and O–H groups in total. The highest BCUT2D eigenvalue weighted by molar-refractivity contribution is 9.08. The van der Waals surface area contributed by atoms with Crippen LogP contribution in [0.3, 0.4) is 0 Å². The van der Waals surface area contributed by atoms with Crippen LogP contribution < -0.4 is 5.32 Å². The second-order valence-electron chi connectivity index (χ2n) is 3.97. The molecular formula is C14H13BrN2O. The van der Waals surface area contributed by atoms with Gasteiger partial charge in [0.2, 0.25) is 0 Å². The zero-order chi connectivity index (χ0) is 13.0. The number of rotatable bonds is 3. The van der Waals surface area contributed by atoms with Crippen LogP contribution >= 0.6 is 15.9 Å². The lowest BCUT2D eigenvalue weighted by molar-refractivity contribution is 0.102. The Bertz CT molecular complexity index is 552. The molecule has 3 nitrogen and oxygen atoms in total. The predicted molar refractivity (Wildman–Crippen MR) is 76.0 cm³/mol. The standard InChI is InChI=1S/C14H13BrN2O/c1-10-8-12(6-7-16-10)14(18)17-13-4-2-11(9-15)3-5-13/h2-8H,9H2,1H3,(H,17,18). The molecule has 1 amide bonds. The molecule has 18 heavy (non-hydrogen) atoms. The van der Waals surface area contributed by atoms with Gasteiger partial charge in [0.1, 0.15) is 0 Å². The molecule has 0 unspecified atom stereocenters. The molecule has 0 aliphatic carbocycles. The van der Waals surface area contributed by atoms with Crippen LogP contribution in [0.5, 0.6) is 0 Å². The number of nitrogens with zero attached hydrogens (tertiary/aromatic N) is 1. The van der Waals surface area contributed by atoms with Crippen molar-refractivity contribution in [2.24, 2.45) is 0 Å². The SMILES string of the molecule is Cc1cc(C(=O)Nc2ccc(CBr)cc2)ccn1. The maximum Gasteiger partial charge on any atom is 0.255 e. The second-order valence-corrected chi connectivity index (χ2v) is 4.53. The highest BCUT2D eigenvalue weighted by Gasteiger charge is 2.06. The van der Waals surface area contributed by atoms with Gasteiger partial charge in [-0.25, -0.2) is 0 Å². The number of amides is 1. The summed E-state index contributed by atoms with van der Waals surface area (Å²) in [5.74, 6) is -0.118. The van der Waals surface area contributed by atoms with Gasteiger partial charge in [-0.3, -0.25) is 9.78 Å². The van der Waals surface area contributed by atoms with E-state index in [1.807, 2.05) is 31.2 Å². The first-order valence-electron chi connectivity index (χ1n) is 5.58. The number of nitrogens with one attached hydrogen (secondary N) is 1. The Kier molecular flexibility index (Phi) is 4.10. The number of anilines is 1. The average molecular weight is 305 g/mol. The third-order valence-corrected chi connectivity index (χ3v) is 3.17. The van der Waals surface area contributed by atoms with Crippen molar-refractivity contribution < 1.29 is 4.79 Å². The smallest absolute Gasteiger partial charge is 0.255 e. The monoisotopic (exact) mass is 304 g/mol. The zero-order valence-electron chi connectivity index (χ0n) is 9.98. The van der Waals surface area contributed by atoms with Crippen LogP contribution in [-0.4, -0.2) is 10.9 Å². The summed E-state index contributed by atoms with van der Waals surface area (Å²) in [6.07, 6.45) is 1.64. The highest BCUT2D eigenvalue weighted by Crippen LogP contribution is 2.13. The maximum absolute atomic E-state index is 12.0. The largest absolute Gasteiger partial charge is 0.322 e. The number of hydrogen-bond donors (Lipinski definition) is 1. The van der Waals surface area contributed by atoms with Gasteiger partial charge in [0.25, 0.3) is 5.91 Å². The first kappa shape index (κ1) is 12.8. The van der Waals surface area contributed by atoms with Crippen molar-refractivity contribution in [1.82, 2.24) is 4.98 Å². The van der Waals surface area contributed by atoms with Crippen LogP contribution in [0.4, 0.5) is 5.69 Å². The summed E-state index contributed by atoms with van der Waals surface area (Å²) >= 11 is 3.38. The van der Waals surface area contributed by atoms with Crippen molar-refractivity contribution in [2.45, 2.75) is 12.3 Å². The van der Waals surface area contributed by atoms with Gasteiger partial charge in [0.05, 0.1) is 0 Å². The van der Waals surface area contributed by atoms with Crippen LogP contribution in [0.25, 0.3) is 0 Å². The van der Waals surface area contributed by atoms with Gasteiger partial charge >= 0.3 is 0 Å². The molecule has 1 aromatic heterocycles. The summed E-state index contributed by atoms with van der Waals surface area (Å²) in [7, 11) is 0. The van der Waals surface area contributed by atoms with Gasteiger partial charge in [-0.15, -0.1) is 0 Å². The summed E-state index contributed by atoms with van der Waals surface area (Å²) in [6.45, 7) is 1.86. The van der Waals surface area contributed by atoms with E-state index in [-0.39, 0.29) is 5.91 Å². The molecule has 4 heteroatoms. The van der Waals surface area contributed by atoms with Crippen molar-refractivity contribution in [3.8, 4) is 0 Å². The third kappa shape index (κ3) is 3.17. The molecule has 0 fully saturated rings. The molecule has 0 aliphatic heterocycles. The molecule has 92 valence electrons. The Morgan fingerprint density at radius 1 is 1.28 bits per heavy atom. The lowest BCUT2D eigenvalue weighted by Crippen LogP contribution is -2.12. The van der Waals surface area contributed by atoms with Crippen molar-refractivity contribution >= 4 is 27.5 Å². The van der Waals surface area contributed by atoms with Crippen molar-refractivity contribution in [3.05, 3.63) is 59.4 Å². The summed E-state index contributed by atoms with van der Waals surface area (Å²) in [6, 6.07) is 11.2. The Morgan fingerprint density at radius 2 is 2.00 bits per heavy atom. The average Bonchev–Trinajstić information content (AvgIpc) is 2.39. The molecule has 0 saturated heterocycles. The van der Waals surface area contributed by atoms with Crippen molar-refractivity contribution in [3.63, 3.8) is 0 Å². The fourth-order valence-electron chi connectivity index (χ4n) is 1.57. The molecule has 0 saturated carbocycles. The summed E-state index contributed by atoms with van der Waals surface area (Å²) in [5.41, 5.74) is 3.41. The number of pyridine rings is 1. The van der Waals surface area contributed by atoms with Crippen LogP contribution in [0, 0.1) is 6.92 Å². The minimum Gasteiger partial charge on any atom is -0.322 e. The normalized spacial score (nSPS) is 10.1. The first-order chi connectivity index (χ1) is 8.69. The van der Waals surface area contributed by atoms with Gasteiger partial charge in [0.15, 0.2) is 0 Å². The van der Waals surface area contributed by atoms with Gasteiger partial charge in [-0.1, -0.05) is 28.1 Å². The molecule has 0 atom stereocenters. The topological polar surface area (TPSA) is 42.0 Å². The van der Waals surface area contributed by atoms with E-state index in [0.717, 1.165) is 16.7 Å². The van der Waals surface area contributed by atoms with E-state index in [0.29, 0.717) is 5.56 Å². The number of halogens is 1. The van der Waals surface area contributed by atoms with Gasteiger partial charge in [0, 0.05) is 28.5 Å². The zero-order valence-corrected chi connectivity index (χ0v) is 11.6. The maximum atomic E-state index is 12.0. The molecule has 1 heterocycles. The molecule has 2 rings (SSSR count). The fraction of sp³-hybridized carbons (Fsp3) is 0.143. The minimum absolute atomic E-state index is 0.118. The summed E-state index contributed by atoms with van der Waals surface area (Å²) < 4.78 is 0. The molecule has 2 aromatic rings. The van der Waals surface area contributed by atoms with Gasteiger partial charge in [-0.05, 0) is 36.8 Å². The van der Waals surface area contributed by atoms with Crippen LogP contribution in [-0.2, 0) is 5.33 Å². The predicted octanol–water partition coefficient (Wildman–Crippen LogP) is 3.54. The van der Waals surface area contributed by atoms with Crippen LogP contribution in [0.15, 0.2) is 42.6 Å². The molecule has 0 radical (unpaired) electrons. The molecule has 0 aliphatic rings.